The fourth-order valence-corrected chi connectivity index (χ4v) is 4.76. The molecule has 11 nitrogen and oxygen atoms in total. The Labute approximate surface area is 238 Å². The van der Waals surface area contributed by atoms with Gasteiger partial charge in [0.2, 0.25) is 11.9 Å². The van der Waals surface area contributed by atoms with E-state index in [9.17, 15) is 9.59 Å². The van der Waals surface area contributed by atoms with Gasteiger partial charge in [0, 0.05) is 49.5 Å². The maximum absolute atomic E-state index is 13.7. The normalized spacial score (nSPS) is 13.8. The van der Waals surface area contributed by atoms with E-state index in [4.69, 9.17) is 9.72 Å². The summed E-state index contributed by atoms with van der Waals surface area (Å²) in [6, 6.07) is 13.0. The summed E-state index contributed by atoms with van der Waals surface area (Å²) in [6.45, 7) is 11.2. The summed E-state index contributed by atoms with van der Waals surface area (Å²) in [5.41, 5.74) is 3.73. The van der Waals surface area contributed by atoms with Gasteiger partial charge in [-0.3, -0.25) is 14.2 Å². The van der Waals surface area contributed by atoms with E-state index >= 15 is 0 Å². The number of anilines is 4. The Kier molecular flexibility index (Phi) is 7.97. The fourth-order valence-electron chi connectivity index (χ4n) is 4.76. The van der Waals surface area contributed by atoms with Crippen LogP contribution in [0.15, 0.2) is 66.1 Å². The van der Waals surface area contributed by atoms with Gasteiger partial charge in [0.25, 0.3) is 5.56 Å². The second-order valence-corrected chi connectivity index (χ2v) is 10.2. The number of aromatic nitrogens is 4. The van der Waals surface area contributed by atoms with Crippen LogP contribution in [0, 0.1) is 0 Å². The Morgan fingerprint density at radius 3 is 2.56 bits per heavy atom. The van der Waals surface area contributed by atoms with Crippen molar-refractivity contribution >= 4 is 40.1 Å². The van der Waals surface area contributed by atoms with Crippen molar-refractivity contribution in [3.8, 4) is 11.4 Å². The van der Waals surface area contributed by atoms with Gasteiger partial charge in [0.05, 0.1) is 24.7 Å². The van der Waals surface area contributed by atoms with Gasteiger partial charge >= 0.3 is 0 Å². The minimum absolute atomic E-state index is 0.123. The van der Waals surface area contributed by atoms with Crippen molar-refractivity contribution in [3.63, 3.8) is 0 Å². The van der Waals surface area contributed by atoms with Gasteiger partial charge in [-0.1, -0.05) is 26.5 Å². The van der Waals surface area contributed by atoms with Crippen LogP contribution in [0.1, 0.15) is 25.5 Å². The first-order chi connectivity index (χ1) is 19.8. The van der Waals surface area contributed by atoms with E-state index in [1.165, 1.54) is 10.6 Å². The minimum Gasteiger partial charge on any atom is -0.494 e. The lowest BCUT2D eigenvalue weighted by atomic mass is 10.1. The molecule has 5 rings (SSSR count). The topological polar surface area (TPSA) is 118 Å². The molecule has 212 valence electrons. The molecule has 3 heterocycles. The van der Waals surface area contributed by atoms with Crippen LogP contribution in [-0.4, -0.2) is 70.7 Å². The predicted octanol–water partition coefficient (Wildman–Crippen LogP) is 3.93. The zero-order valence-electron chi connectivity index (χ0n) is 23.7. The molecule has 0 bridgehead atoms. The van der Waals surface area contributed by atoms with Crippen molar-refractivity contribution in [1.82, 2.24) is 24.4 Å². The zero-order valence-corrected chi connectivity index (χ0v) is 23.7. The molecule has 0 aliphatic carbocycles. The molecular weight excluding hydrogens is 520 g/mol. The van der Waals surface area contributed by atoms with Gasteiger partial charge in [-0.15, -0.1) is 0 Å². The Balaban J connectivity index is 1.55. The third-order valence-corrected chi connectivity index (χ3v) is 7.03. The second kappa shape index (κ2) is 11.8. The summed E-state index contributed by atoms with van der Waals surface area (Å²) in [7, 11) is 3.76. The molecule has 1 aliphatic heterocycles. The Morgan fingerprint density at radius 2 is 1.85 bits per heavy atom. The zero-order chi connectivity index (χ0) is 29.1. The summed E-state index contributed by atoms with van der Waals surface area (Å²) in [5, 5.41) is 5.99. The first-order valence-electron chi connectivity index (χ1n) is 13.5. The number of hydrogen-bond acceptors (Lipinski definition) is 9. The molecule has 4 aromatic rings. The first-order valence-corrected chi connectivity index (χ1v) is 13.5. The third-order valence-electron chi connectivity index (χ3n) is 7.03. The number of fused-ring (bicyclic) bond motifs is 1. The van der Waals surface area contributed by atoms with Crippen LogP contribution in [-0.2, 0) is 4.79 Å². The molecule has 11 heteroatoms. The Bertz CT molecular complexity index is 1660. The molecule has 1 amide bonds. The van der Waals surface area contributed by atoms with Crippen LogP contribution in [0.5, 0.6) is 5.75 Å². The molecule has 0 radical (unpaired) electrons. The maximum atomic E-state index is 13.7. The number of nitrogens with one attached hydrogen (secondary N) is 2. The minimum atomic E-state index is -0.349. The Hall–Kier alpha value is -4.77. The second-order valence-electron chi connectivity index (χ2n) is 10.2. The molecule has 1 fully saturated rings. The smallest absolute Gasteiger partial charge is 0.278 e. The molecule has 0 unspecified atom stereocenters. The summed E-state index contributed by atoms with van der Waals surface area (Å²) in [4.78, 5) is 44.0. The molecule has 2 aromatic carbocycles. The summed E-state index contributed by atoms with van der Waals surface area (Å²) >= 11 is 0. The van der Waals surface area contributed by atoms with E-state index in [1.54, 1.807) is 37.6 Å². The summed E-state index contributed by atoms with van der Waals surface area (Å²) in [5.74, 6) is 0.467. The molecular formula is C30H34N8O3. The average Bonchev–Trinajstić information content (AvgIpc) is 2.97. The molecule has 41 heavy (non-hydrogen) atoms. The number of piperazine rings is 1. The quantitative estimate of drug-likeness (QED) is 0.313. The van der Waals surface area contributed by atoms with Crippen molar-refractivity contribution < 1.29 is 9.53 Å². The lowest BCUT2D eigenvalue weighted by molar-refractivity contribution is -0.111. The van der Waals surface area contributed by atoms with Crippen molar-refractivity contribution in [2.45, 2.75) is 19.8 Å². The van der Waals surface area contributed by atoms with Crippen LogP contribution >= 0.6 is 0 Å². The highest BCUT2D eigenvalue weighted by molar-refractivity contribution is 5.99. The lowest BCUT2D eigenvalue weighted by Crippen LogP contribution is -2.44. The van der Waals surface area contributed by atoms with Crippen LogP contribution in [0.4, 0.5) is 23.0 Å². The Morgan fingerprint density at radius 1 is 1.07 bits per heavy atom. The van der Waals surface area contributed by atoms with E-state index in [1.807, 2.05) is 32.0 Å². The monoisotopic (exact) mass is 554 g/mol. The van der Waals surface area contributed by atoms with E-state index in [-0.39, 0.29) is 23.3 Å². The number of carbonyl (C=O) groups is 1. The predicted molar refractivity (Wildman–Crippen MR) is 162 cm³/mol. The summed E-state index contributed by atoms with van der Waals surface area (Å²) in [6.07, 6.45) is 2.79. The number of ether oxygens (including phenoxy) is 1. The summed E-state index contributed by atoms with van der Waals surface area (Å²) < 4.78 is 7.20. The molecule has 0 atom stereocenters. The standard InChI is InChI=1S/C30H34N8O3/c1-6-26(39)32-20-8-7-9-22(16-20)38-28-24(33-27(19(2)3)29(38)40)18-31-30(35-28)34-23-11-10-21(17-25(23)41-5)37-14-12-36(4)13-15-37/h6-11,16-19H,1,12-15H2,2-5H3,(H,32,39)(H,31,34,35). The molecule has 1 saturated heterocycles. The van der Waals surface area contributed by atoms with Gasteiger partial charge in [-0.05, 0) is 43.5 Å². The van der Waals surface area contributed by atoms with E-state index in [0.717, 1.165) is 31.9 Å². The van der Waals surface area contributed by atoms with Gasteiger partial charge in [0.1, 0.15) is 17.0 Å². The van der Waals surface area contributed by atoms with Crippen LogP contribution < -0.4 is 25.8 Å². The number of rotatable bonds is 8. The number of methoxy groups -OCH3 is 1. The third kappa shape index (κ3) is 5.90. The lowest BCUT2D eigenvalue weighted by Gasteiger charge is -2.34. The number of amides is 1. The number of likely N-dealkylation sites (N-methyl/N-ethyl adjacent to an activating group) is 1. The van der Waals surface area contributed by atoms with Crippen molar-refractivity contribution in [1.29, 1.82) is 0 Å². The highest BCUT2D eigenvalue weighted by atomic mass is 16.5. The van der Waals surface area contributed by atoms with Gasteiger partial charge < -0.3 is 25.2 Å². The van der Waals surface area contributed by atoms with Crippen molar-refractivity contribution in [3.05, 3.63) is 77.4 Å². The van der Waals surface area contributed by atoms with Gasteiger partial charge in [-0.2, -0.15) is 4.98 Å². The molecule has 2 N–H and O–H groups in total. The van der Waals surface area contributed by atoms with E-state index in [0.29, 0.717) is 39.7 Å². The largest absolute Gasteiger partial charge is 0.494 e. The van der Waals surface area contributed by atoms with Crippen LogP contribution in [0.2, 0.25) is 0 Å². The van der Waals surface area contributed by atoms with Crippen molar-refractivity contribution in [2.24, 2.45) is 0 Å². The average molecular weight is 555 g/mol. The fraction of sp³-hybridized carbons (Fsp3) is 0.300. The van der Waals surface area contributed by atoms with Gasteiger partial charge in [0.15, 0.2) is 5.65 Å². The van der Waals surface area contributed by atoms with E-state index in [2.05, 4.69) is 44.0 Å². The highest BCUT2D eigenvalue weighted by Gasteiger charge is 2.19. The van der Waals surface area contributed by atoms with Gasteiger partial charge in [-0.25, -0.2) is 9.97 Å². The first kappa shape index (κ1) is 27.8. The number of nitrogens with zero attached hydrogens (tertiary/aromatic N) is 6. The number of benzene rings is 2. The SMILES string of the molecule is C=CC(=O)Nc1cccc(-n2c(=O)c(C(C)C)nc3cnc(Nc4ccc(N5CCN(C)CC5)cc4OC)nc32)c1. The molecule has 0 spiro atoms. The van der Waals surface area contributed by atoms with Crippen LogP contribution in [0.3, 0.4) is 0 Å². The van der Waals surface area contributed by atoms with Crippen LogP contribution in [0.25, 0.3) is 16.9 Å². The number of hydrogen-bond donors (Lipinski definition) is 2. The maximum Gasteiger partial charge on any atom is 0.278 e. The number of carbonyl (C=O) groups excluding carboxylic acids is 1. The molecule has 0 saturated carbocycles. The molecule has 2 aromatic heterocycles. The molecule has 1 aliphatic rings. The van der Waals surface area contributed by atoms with Crippen molar-refractivity contribution in [2.75, 3.05) is 55.9 Å². The highest BCUT2D eigenvalue weighted by Crippen LogP contribution is 2.32. The van der Waals surface area contributed by atoms with E-state index < -0.39 is 0 Å².